The van der Waals surface area contributed by atoms with Crippen molar-refractivity contribution in [1.29, 1.82) is 0 Å². The Hall–Kier alpha value is -2.81. The first-order chi connectivity index (χ1) is 14.8. The first-order valence-corrected chi connectivity index (χ1v) is 10.7. The minimum absolute atomic E-state index is 0.0282. The van der Waals surface area contributed by atoms with Gasteiger partial charge in [-0.05, 0) is 69.5 Å². The van der Waals surface area contributed by atoms with Gasteiger partial charge >= 0.3 is 0 Å². The number of amides is 1. The number of likely N-dealkylation sites (tertiary alicyclic amines) is 1. The van der Waals surface area contributed by atoms with E-state index in [2.05, 4.69) is 11.8 Å². The number of nitrogens with zero attached hydrogens (tertiary/aromatic N) is 1. The number of aliphatic hydroxyl groups is 2. The van der Waals surface area contributed by atoms with Crippen molar-refractivity contribution in [3.05, 3.63) is 65.7 Å². The third kappa shape index (κ3) is 6.58. The lowest BCUT2D eigenvalue weighted by molar-refractivity contribution is 0.0156. The van der Waals surface area contributed by atoms with Crippen LogP contribution in [0.4, 0.5) is 0 Å². The molecule has 1 heterocycles. The summed E-state index contributed by atoms with van der Waals surface area (Å²) >= 11 is 0. The Labute approximate surface area is 184 Å². The Balaban J connectivity index is 1.62. The van der Waals surface area contributed by atoms with Crippen LogP contribution >= 0.6 is 0 Å². The fourth-order valence-electron chi connectivity index (χ4n) is 3.80. The molecule has 2 aromatic carbocycles. The largest absolute Gasteiger partial charge is 0.494 e. The van der Waals surface area contributed by atoms with Crippen LogP contribution in [-0.2, 0) is 0 Å². The van der Waals surface area contributed by atoms with Gasteiger partial charge in [-0.3, -0.25) is 4.79 Å². The van der Waals surface area contributed by atoms with Crippen molar-refractivity contribution in [3.8, 4) is 17.6 Å². The fourth-order valence-corrected chi connectivity index (χ4v) is 3.80. The molecule has 1 aliphatic rings. The van der Waals surface area contributed by atoms with E-state index in [4.69, 9.17) is 4.74 Å². The van der Waals surface area contributed by atoms with Crippen LogP contribution in [0.5, 0.6) is 5.75 Å². The Morgan fingerprint density at radius 3 is 2.52 bits per heavy atom. The minimum atomic E-state index is -1.06. The van der Waals surface area contributed by atoms with Crippen molar-refractivity contribution < 1.29 is 19.7 Å². The van der Waals surface area contributed by atoms with Gasteiger partial charge in [0.05, 0.1) is 13.2 Å². The second kappa shape index (κ2) is 10.00. The molecule has 2 aromatic rings. The molecule has 1 amide bonds. The summed E-state index contributed by atoms with van der Waals surface area (Å²) in [4.78, 5) is 14.9. The van der Waals surface area contributed by atoms with Crippen molar-refractivity contribution >= 4 is 5.91 Å². The van der Waals surface area contributed by atoms with Gasteiger partial charge in [0.2, 0.25) is 0 Å². The van der Waals surface area contributed by atoms with Gasteiger partial charge < -0.3 is 19.8 Å². The first kappa shape index (κ1) is 22.9. The molecule has 3 rings (SSSR count). The number of para-hydroxylation sites is 1. The predicted octanol–water partition coefficient (Wildman–Crippen LogP) is 3.49. The van der Waals surface area contributed by atoms with E-state index in [-0.39, 0.29) is 17.9 Å². The molecule has 1 atom stereocenters. The third-order valence-electron chi connectivity index (χ3n) is 5.57. The molecule has 0 radical (unpaired) electrons. The van der Waals surface area contributed by atoms with E-state index >= 15 is 0 Å². The van der Waals surface area contributed by atoms with Crippen LogP contribution in [0.25, 0.3) is 0 Å². The zero-order chi connectivity index (χ0) is 22.3. The highest BCUT2D eigenvalue weighted by Crippen LogP contribution is 2.34. The maximum atomic E-state index is 13.1. The normalized spacial score (nSPS) is 18.8. The number of piperidine rings is 1. The number of carbonyl (C=O) groups excluding carboxylic acids is 1. The summed E-state index contributed by atoms with van der Waals surface area (Å²) in [6, 6.07) is 16.8. The average Bonchev–Trinajstić information content (AvgIpc) is 2.78. The quantitative estimate of drug-likeness (QED) is 0.701. The summed E-state index contributed by atoms with van der Waals surface area (Å²) in [5, 5.41) is 19.9. The van der Waals surface area contributed by atoms with Crippen molar-refractivity contribution in [2.24, 2.45) is 5.41 Å². The van der Waals surface area contributed by atoms with E-state index in [9.17, 15) is 15.0 Å². The molecule has 0 bridgehead atoms. The molecule has 0 spiro atoms. The van der Waals surface area contributed by atoms with Gasteiger partial charge in [-0.1, -0.05) is 30.0 Å². The van der Waals surface area contributed by atoms with Gasteiger partial charge in [0.25, 0.3) is 5.91 Å². The number of hydrogen-bond acceptors (Lipinski definition) is 4. The summed E-state index contributed by atoms with van der Waals surface area (Å²) < 4.78 is 5.83. The van der Waals surface area contributed by atoms with Crippen LogP contribution in [-0.4, -0.2) is 52.9 Å². The predicted molar refractivity (Wildman–Crippen MR) is 121 cm³/mol. The van der Waals surface area contributed by atoms with Gasteiger partial charge in [0.1, 0.15) is 11.4 Å². The highest BCUT2D eigenvalue weighted by atomic mass is 16.5. The Morgan fingerprint density at radius 2 is 1.87 bits per heavy atom. The number of benzene rings is 2. The van der Waals surface area contributed by atoms with Gasteiger partial charge in [-0.25, -0.2) is 0 Å². The Kier molecular flexibility index (Phi) is 7.37. The SMILES string of the molecule is CC(C)(O)C#Cc1ccc(C(=O)N2CCCC(CO)(CCOc3ccccc3)C2)cc1. The number of hydrogen-bond donors (Lipinski definition) is 2. The highest BCUT2D eigenvalue weighted by Gasteiger charge is 2.37. The maximum absolute atomic E-state index is 13.1. The van der Waals surface area contributed by atoms with Crippen LogP contribution in [0, 0.1) is 17.3 Å². The van der Waals surface area contributed by atoms with Crippen molar-refractivity contribution in [3.63, 3.8) is 0 Å². The van der Waals surface area contributed by atoms with E-state index in [0.29, 0.717) is 31.7 Å². The molecule has 5 heteroatoms. The van der Waals surface area contributed by atoms with E-state index in [1.54, 1.807) is 38.1 Å². The topological polar surface area (TPSA) is 70.0 Å². The molecule has 0 aromatic heterocycles. The van der Waals surface area contributed by atoms with E-state index < -0.39 is 5.60 Å². The molecule has 31 heavy (non-hydrogen) atoms. The van der Waals surface area contributed by atoms with Crippen molar-refractivity contribution in [2.45, 2.75) is 38.7 Å². The zero-order valence-electron chi connectivity index (χ0n) is 18.3. The van der Waals surface area contributed by atoms with Crippen LogP contribution in [0.3, 0.4) is 0 Å². The molecule has 2 N–H and O–H groups in total. The van der Waals surface area contributed by atoms with Gasteiger partial charge in [0, 0.05) is 29.6 Å². The monoisotopic (exact) mass is 421 g/mol. The molecule has 1 fully saturated rings. The van der Waals surface area contributed by atoms with Gasteiger partial charge in [-0.2, -0.15) is 0 Å². The molecular weight excluding hydrogens is 390 g/mol. The minimum Gasteiger partial charge on any atom is -0.494 e. The number of aliphatic hydroxyl groups excluding tert-OH is 1. The second-order valence-electron chi connectivity index (χ2n) is 8.79. The molecule has 1 saturated heterocycles. The molecule has 164 valence electrons. The van der Waals surface area contributed by atoms with E-state index in [0.717, 1.165) is 24.2 Å². The number of carbonyl (C=O) groups is 1. The number of rotatable bonds is 6. The van der Waals surface area contributed by atoms with Gasteiger partial charge in [-0.15, -0.1) is 0 Å². The molecule has 1 unspecified atom stereocenters. The first-order valence-electron chi connectivity index (χ1n) is 10.7. The summed E-state index contributed by atoms with van der Waals surface area (Å²) in [5.74, 6) is 6.46. The third-order valence-corrected chi connectivity index (χ3v) is 5.57. The van der Waals surface area contributed by atoms with Crippen LogP contribution in [0.1, 0.15) is 49.0 Å². The lowest BCUT2D eigenvalue weighted by Gasteiger charge is -2.42. The highest BCUT2D eigenvalue weighted by molar-refractivity contribution is 5.94. The molecule has 0 aliphatic carbocycles. The van der Waals surface area contributed by atoms with Crippen LogP contribution in [0.2, 0.25) is 0 Å². The second-order valence-corrected chi connectivity index (χ2v) is 8.79. The van der Waals surface area contributed by atoms with Gasteiger partial charge in [0.15, 0.2) is 0 Å². The molecule has 1 aliphatic heterocycles. The number of ether oxygens (including phenoxy) is 1. The Morgan fingerprint density at radius 1 is 1.16 bits per heavy atom. The smallest absolute Gasteiger partial charge is 0.253 e. The van der Waals surface area contributed by atoms with Crippen LogP contribution < -0.4 is 4.74 Å². The molecular formula is C26H31NO4. The van der Waals surface area contributed by atoms with Crippen molar-refractivity contribution in [1.82, 2.24) is 4.90 Å². The summed E-state index contributed by atoms with van der Waals surface area (Å²) in [6.45, 7) is 4.99. The maximum Gasteiger partial charge on any atom is 0.253 e. The molecule has 5 nitrogen and oxygen atoms in total. The fraction of sp³-hybridized carbons (Fsp3) is 0.423. The summed E-state index contributed by atoms with van der Waals surface area (Å²) in [7, 11) is 0. The standard InChI is InChI=1S/C26H31NO4/c1-25(2,30)15-13-21-9-11-22(12-10-21)24(29)27-17-6-14-26(19-27,20-28)16-18-31-23-7-4-3-5-8-23/h3-5,7-12,28,30H,6,14,16-20H2,1-2H3. The van der Waals surface area contributed by atoms with E-state index in [1.165, 1.54) is 0 Å². The lowest BCUT2D eigenvalue weighted by Crippen LogP contribution is -2.48. The Bertz CT molecular complexity index is 922. The van der Waals surface area contributed by atoms with Crippen LogP contribution in [0.15, 0.2) is 54.6 Å². The van der Waals surface area contributed by atoms with E-state index in [1.807, 2.05) is 35.2 Å². The summed E-state index contributed by atoms with van der Waals surface area (Å²) in [5.41, 5.74) is -0.0517. The molecule has 0 saturated carbocycles. The summed E-state index contributed by atoms with van der Waals surface area (Å²) in [6.07, 6.45) is 2.41. The zero-order valence-corrected chi connectivity index (χ0v) is 18.3. The average molecular weight is 422 g/mol. The lowest BCUT2D eigenvalue weighted by atomic mass is 9.78. The van der Waals surface area contributed by atoms with Crippen molar-refractivity contribution in [2.75, 3.05) is 26.3 Å².